The van der Waals surface area contributed by atoms with E-state index in [0.717, 1.165) is 83.5 Å². The van der Waals surface area contributed by atoms with Crippen LogP contribution in [0.5, 0.6) is 0 Å². The number of para-hydroxylation sites is 1. The van der Waals surface area contributed by atoms with Crippen molar-refractivity contribution in [3.05, 3.63) is 401 Å². The Morgan fingerprint density at radius 1 is 0.233 bits per heavy atom. The highest BCUT2D eigenvalue weighted by molar-refractivity contribution is 6.16. The lowest BCUT2D eigenvalue weighted by Gasteiger charge is -2.19. The average molecular weight is 1620 g/mol. The fourth-order valence-corrected chi connectivity index (χ4v) is 15.6. The summed E-state index contributed by atoms with van der Waals surface area (Å²) in [5, 5.41) is 0. The van der Waals surface area contributed by atoms with Crippen LogP contribution in [0.15, 0.2) is 257 Å². The average Bonchev–Trinajstić information content (AvgIpc) is 1.53. The maximum Gasteiger partial charge on any atom is 0.170 e. The molecule has 0 spiro atoms. The highest BCUT2D eigenvalue weighted by Crippen LogP contribution is 2.56. The second-order valence-electron chi connectivity index (χ2n) is 27.9. The van der Waals surface area contributed by atoms with Crippen LogP contribution in [-0.2, 0) is 0 Å². The van der Waals surface area contributed by atoms with Gasteiger partial charge in [0, 0.05) is 55.7 Å². The van der Waals surface area contributed by atoms with Gasteiger partial charge in [-0.2, -0.15) is 0 Å². The summed E-state index contributed by atoms with van der Waals surface area (Å²) >= 11 is 0. The van der Waals surface area contributed by atoms with Gasteiger partial charge in [0.05, 0.1) is 78.3 Å². The van der Waals surface area contributed by atoms with Crippen LogP contribution in [0, 0.1) is 93.1 Å². The van der Waals surface area contributed by atoms with Crippen LogP contribution in [0.1, 0.15) is 50.6 Å². The minimum atomic E-state index is -2.18. The summed E-state index contributed by atoms with van der Waals surface area (Å²) in [6.45, 7) is 14.8. The molecule has 20 heteroatoms. The lowest BCUT2D eigenvalue weighted by atomic mass is 9.88. The van der Waals surface area contributed by atoms with Gasteiger partial charge in [-0.1, -0.05) is 257 Å². The minimum Gasteiger partial charge on any atom is -0.354 e. The first-order valence-corrected chi connectivity index (χ1v) is 37.0. The number of hydrogen-bond donors (Lipinski definition) is 1. The van der Waals surface area contributed by atoms with Gasteiger partial charge in [-0.25, -0.2) is 80.2 Å². The molecule has 5 heterocycles. The Kier molecular flexibility index (Phi) is 20.0. The van der Waals surface area contributed by atoms with Gasteiger partial charge in [0.15, 0.2) is 93.1 Å². The predicted octanol–water partition coefficient (Wildman–Crippen LogP) is 29.0. The van der Waals surface area contributed by atoms with Crippen molar-refractivity contribution in [1.82, 2.24) is 19.5 Å². The first kappa shape index (κ1) is 77.6. The van der Waals surface area contributed by atoms with Crippen molar-refractivity contribution in [2.24, 2.45) is 0 Å². The molecule has 0 aliphatic carbocycles. The summed E-state index contributed by atoms with van der Waals surface area (Å²) in [4.78, 5) is 12.7. The van der Waals surface area contributed by atoms with E-state index in [1.54, 1.807) is 0 Å². The van der Waals surface area contributed by atoms with E-state index < -0.39 is 233 Å². The second-order valence-corrected chi connectivity index (χ2v) is 27.9. The van der Waals surface area contributed by atoms with Gasteiger partial charge in [0.2, 0.25) is 0 Å². The van der Waals surface area contributed by atoms with Crippen molar-refractivity contribution >= 4 is 70.2 Å². The lowest BCUT2D eigenvalue weighted by molar-refractivity contribution is 0.463. The number of aromatic nitrogens is 4. The normalized spacial score (nSPS) is 11.8. The summed E-state index contributed by atoms with van der Waals surface area (Å²) in [6.07, 6.45) is 8.36. The van der Waals surface area contributed by atoms with Crippen LogP contribution in [0.4, 0.5) is 70.2 Å². The van der Waals surface area contributed by atoms with Crippen LogP contribution in [0.25, 0.3) is 187 Å². The van der Waals surface area contributed by atoms with Crippen molar-refractivity contribution < 1.29 is 70.2 Å². The fourth-order valence-electron chi connectivity index (χ4n) is 15.6. The Bertz CT molecular complexity index is 6980. The van der Waals surface area contributed by atoms with Gasteiger partial charge in [-0.15, -0.1) is 0 Å². The van der Waals surface area contributed by atoms with Gasteiger partial charge in [-0.05, 0) is 104 Å². The van der Waals surface area contributed by atoms with Crippen LogP contribution >= 0.6 is 0 Å². The topological polar surface area (TPSA) is 46.5 Å². The molecule has 120 heavy (non-hydrogen) atoms. The first-order chi connectivity index (χ1) is 58.1. The Hall–Kier alpha value is -14.9. The molecule has 12 aromatic carbocycles. The standard InChI is InChI=1S/C100H54F16N4/c1-5-50-29-37-57(38-30-50)70-82(101)90(109)77(91(110)83(70)102)74-63-45-46-65(117-63)75(78-92(111)84(103)71(85(104)93(78)112)58-39-31-51(6-2)32-40-58)67-49-62(54-21-13-9-14-22-54)98(119-67)81(80-96(115)88(107)73(89(108)97(80)116)60-43-35-53(8-4)36-44-60)100-69(56-25-17-11-18-26-56)68(55-23-15-10-16-24-55)99(120(100)61-27-19-12-20-28-61)76(66-48-47-64(74)118-66)79-94(113)86(105)72(87(106)95(79)114)59-41-33-52(7-3)34-42-59/h5-49,117H,1-4H2. The number of hydrogen-bond acceptors (Lipinski definition) is 2. The Balaban J connectivity index is 1.20. The molecule has 0 amide bonds. The van der Waals surface area contributed by atoms with Gasteiger partial charge in [0.25, 0.3) is 0 Å². The third kappa shape index (κ3) is 12.7. The largest absolute Gasteiger partial charge is 0.354 e. The van der Waals surface area contributed by atoms with Crippen LogP contribution in [-0.4, -0.2) is 19.5 Å². The molecular weight excluding hydrogens is 1560 g/mol. The number of nitrogens with zero attached hydrogens (tertiary/aromatic N) is 3. The number of rotatable bonds is 16. The molecule has 0 saturated carbocycles. The molecule has 8 bridgehead atoms. The van der Waals surface area contributed by atoms with Gasteiger partial charge >= 0.3 is 0 Å². The number of benzene rings is 12. The molecule has 4 nitrogen and oxygen atoms in total. The molecular formula is C100H54F16N4. The van der Waals surface area contributed by atoms with E-state index in [-0.39, 0.29) is 33.5 Å². The molecule has 0 radical (unpaired) electrons. The zero-order valence-electron chi connectivity index (χ0n) is 62.2. The van der Waals surface area contributed by atoms with E-state index in [1.807, 2.05) is 0 Å². The second kappa shape index (κ2) is 30.9. The summed E-state index contributed by atoms with van der Waals surface area (Å²) in [5.74, 6) is -33.7. The molecule has 17 rings (SSSR count). The zero-order valence-corrected chi connectivity index (χ0v) is 62.2. The van der Waals surface area contributed by atoms with Crippen LogP contribution < -0.4 is 0 Å². The Morgan fingerprint density at radius 3 is 0.817 bits per heavy atom. The molecule has 3 aromatic heterocycles. The van der Waals surface area contributed by atoms with E-state index in [2.05, 4.69) is 31.3 Å². The first-order valence-electron chi connectivity index (χ1n) is 37.0. The lowest BCUT2D eigenvalue weighted by Crippen LogP contribution is -2.08. The van der Waals surface area contributed by atoms with E-state index in [1.165, 1.54) is 194 Å². The Labute approximate surface area is 674 Å². The van der Waals surface area contributed by atoms with E-state index in [4.69, 9.17) is 9.97 Å². The smallest absolute Gasteiger partial charge is 0.170 e. The molecule has 0 unspecified atom stereocenters. The van der Waals surface area contributed by atoms with E-state index in [9.17, 15) is 0 Å². The van der Waals surface area contributed by atoms with Crippen LogP contribution in [0.3, 0.4) is 0 Å². The van der Waals surface area contributed by atoms with E-state index in [0.29, 0.717) is 22.3 Å². The number of halogens is 16. The quantitative estimate of drug-likeness (QED) is 0.0774. The van der Waals surface area contributed by atoms with Crippen molar-refractivity contribution in [3.63, 3.8) is 0 Å². The van der Waals surface area contributed by atoms with Crippen molar-refractivity contribution in [2.75, 3.05) is 0 Å². The maximum absolute atomic E-state index is 19.4. The highest BCUT2D eigenvalue weighted by atomic mass is 19.2. The van der Waals surface area contributed by atoms with Crippen molar-refractivity contribution in [2.45, 2.75) is 0 Å². The summed E-state index contributed by atoms with van der Waals surface area (Å²) in [5.41, 5.74) is -23.6. The van der Waals surface area contributed by atoms with E-state index >= 15 is 70.2 Å². The highest BCUT2D eigenvalue weighted by Gasteiger charge is 2.40. The molecule has 0 atom stereocenters. The van der Waals surface area contributed by atoms with Gasteiger partial charge in [0.1, 0.15) is 0 Å². The van der Waals surface area contributed by atoms with Crippen molar-refractivity contribution in [1.29, 1.82) is 0 Å². The maximum atomic E-state index is 19.4. The number of H-pyrrole nitrogens is 1. The number of fused-ring (bicyclic) bond motifs is 8. The van der Waals surface area contributed by atoms with Gasteiger partial charge < -0.3 is 9.55 Å². The number of aromatic amines is 1. The third-order valence-corrected chi connectivity index (χ3v) is 21.3. The molecule has 2 aliphatic heterocycles. The Morgan fingerprint density at radius 2 is 0.492 bits per heavy atom. The SMILES string of the molecule is C=Cc1ccc(-c2c(F)c(F)c(-c3c4nc(c(-c5c(F)c(F)c(-c6ccc(C=C)cc6)c(F)c5F)c5c(-c6ccccc6)c(-c6ccccc6)c(c(-c6c(F)c(F)c(-c7ccc(C=C)cc7)c(F)c6F)c6nc(c(-c7c(F)c(F)c(-c8ccc(C=C)cc8)c(F)c7F)c7ccc3[nH]7)C=C6c3ccccc3)n5-c3ccccc3)C=C4)c(F)c2F)cc1. The molecule has 0 saturated heterocycles. The van der Waals surface area contributed by atoms with Crippen LogP contribution in [0.2, 0.25) is 0 Å². The van der Waals surface area contributed by atoms with Gasteiger partial charge in [-0.3, -0.25) is 0 Å². The fraction of sp³-hybridized carbons (Fsp3) is 0. The zero-order chi connectivity index (χ0) is 84.0. The minimum absolute atomic E-state index is 0.0496. The summed E-state index contributed by atoms with van der Waals surface area (Å²) in [7, 11) is 0. The molecule has 0 fully saturated rings. The summed E-state index contributed by atoms with van der Waals surface area (Å²) < 4.78 is 296. The summed E-state index contributed by atoms with van der Waals surface area (Å²) in [6, 6.07) is 50.6. The predicted molar refractivity (Wildman–Crippen MR) is 442 cm³/mol. The van der Waals surface area contributed by atoms with Crippen molar-refractivity contribution in [3.8, 4) is 117 Å². The monoisotopic (exact) mass is 1610 g/mol. The third-order valence-electron chi connectivity index (χ3n) is 21.3. The number of nitrogens with one attached hydrogen (secondary N) is 1. The molecule has 2 aliphatic rings. The molecule has 586 valence electrons. The molecule has 15 aromatic rings. The molecule has 1 N–H and O–H groups in total.